The van der Waals surface area contributed by atoms with E-state index in [2.05, 4.69) is 21.5 Å². The lowest BCUT2D eigenvalue weighted by Crippen LogP contribution is -2.36. The van der Waals surface area contributed by atoms with E-state index in [1.165, 1.54) is 12.5 Å². The molecular formula is C21H20N4O4. The van der Waals surface area contributed by atoms with Crippen LogP contribution >= 0.6 is 0 Å². The number of fused-ring (bicyclic) bond motifs is 1. The van der Waals surface area contributed by atoms with Crippen LogP contribution in [0.5, 0.6) is 5.75 Å². The smallest absolute Gasteiger partial charge is 0.316 e. The standard InChI is InChI=1S/C21H20N4O4/c1-14(26)22-17-6-8-18(9-7-17)28-13-19-23-20(29-24-19)21(27)25-11-10-15-4-2-3-5-16(15)12-25/h2-9H,10-13H2,1H3,(H,22,26). The third kappa shape index (κ3) is 4.43. The first-order chi connectivity index (χ1) is 14.1. The predicted molar refractivity (Wildman–Crippen MR) is 104 cm³/mol. The van der Waals surface area contributed by atoms with Gasteiger partial charge in [-0.3, -0.25) is 9.59 Å². The summed E-state index contributed by atoms with van der Waals surface area (Å²) in [5.74, 6) is 0.419. The molecule has 0 bridgehead atoms. The fourth-order valence-corrected chi connectivity index (χ4v) is 3.19. The second-order valence-electron chi connectivity index (χ2n) is 6.76. The molecule has 0 radical (unpaired) electrons. The van der Waals surface area contributed by atoms with Crippen molar-refractivity contribution in [1.29, 1.82) is 0 Å². The molecule has 0 spiro atoms. The van der Waals surface area contributed by atoms with Gasteiger partial charge in [0.2, 0.25) is 11.7 Å². The minimum Gasteiger partial charge on any atom is -0.485 e. The first kappa shape index (κ1) is 18.7. The molecule has 2 heterocycles. The van der Waals surface area contributed by atoms with Crippen LogP contribution in [0.1, 0.15) is 34.6 Å². The highest BCUT2D eigenvalue weighted by atomic mass is 16.5. The van der Waals surface area contributed by atoms with Crippen molar-refractivity contribution in [1.82, 2.24) is 15.0 Å². The average molecular weight is 392 g/mol. The second kappa shape index (κ2) is 8.14. The van der Waals surface area contributed by atoms with Crippen LogP contribution in [0.25, 0.3) is 0 Å². The van der Waals surface area contributed by atoms with Crippen LogP contribution in [-0.4, -0.2) is 33.4 Å². The van der Waals surface area contributed by atoms with E-state index in [1.54, 1.807) is 29.2 Å². The number of anilines is 1. The minimum absolute atomic E-state index is 0.0380. The summed E-state index contributed by atoms with van der Waals surface area (Å²) < 4.78 is 10.8. The number of nitrogens with zero attached hydrogens (tertiary/aromatic N) is 3. The van der Waals surface area contributed by atoms with Gasteiger partial charge in [0.05, 0.1) is 0 Å². The van der Waals surface area contributed by atoms with E-state index in [-0.39, 0.29) is 30.1 Å². The maximum atomic E-state index is 12.7. The Hall–Kier alpha value is -3.68. The molecule has 1 aromatic heterocycles. The lowest BCUT2D eigenvalue weighted by molar-refractivity contribution is -0.114. The van der Waals surface area contributed by atoms with Crippen molar-refractivity contribution in [3.63, 3.8) is 0 Å². The van der Waals surface area contributed by atoms with Gasteiger partial charge < -0.3 is 19.5 Å². The molecule has 148 valence electrons. The molecule has 1 aliphatic rings. The molecule has 29 heavy (non-hydrogen) atoms. The zero-order valence-electron chi connectivity index (χ0n) is 15.9. The Morgan fingerprint density at radius 1 is 1.14 bits per heavy atom. The molecule has 0 saturated carbocycles. The molecule has 0 fully saturated rings. The number of aromatic nitrogens is 2. The molecule has 8 heteroatoms. The minimum atomic E-state index is -0.280. The highest BCUT2D eigenvalue weighted by Gasteiger charge is 2.26. The largest absolute Gasteiger partial charge is 0.485 e. The first-order valence-electron chi connectivity index (χ1n) is 9.27. The van der Waals surface area contributed by atoms with Gasteiger partial charge >= 0.3 is 11.8 Å². The van der Waals surface area contributed by atoms with Crippen molar-refractivity contribution in [2.45, 2.75) is 26.5 Å². The molecule has 8 nitrogen and oxygen atoms in total. The Labute approximate surface area is 167 Å². The highest BCUT2D eigenvalue weighted by molar-refractivity contribution is 5.89. The van der Waals surface area contributed by atoms with Gasteiger partial charge in [-0.15, -0.1) is 0 Å². The van der Waals surface area contributed by atoms with Crippen LogP contribution in [0.2, 0.25) is 0 Å². The van der Waals surface area contributed by atoms with E-state index in [1.807, 2.05) is 18.2 Å². The summed E-state index contributed by atoms with van der Waals surface area (Å²) in [5.41, 5.74) is 3.08. The number of carbonyl (C=O) groups is 2. The molecule has 2 aromatic carbocycles. The van der Waals surface area contributed by atoms with Crippen molar-refractivity contribution < 1.29 is 18.8 Å². The normalized spacial score (nSPS) is 12.9. The van der Waals surface area contributed by atoms with Crippen LogP contribution in [0.3, 0.4) is 0 Å². The van der Waals surface area contributed by atoms with Gasteiger partial charge in [-0.2, -0.15) is 4.98 Å². The SMILES string of the molecule is CC(=O)Nc1ccc(OCc2noc(C(=O)N3CCc4ccccc4C3)n2)cc1. The Morgan fingerprint density at radius 2 is 1.90 bits per heavy atom. The number of rotatable bonds is 5. The number of hydrogen-bond donors (Lipinski definition) is 1. The van der Waals surface area contributed by atoms with Gasteiger partial charge in [0.25, 0.3) is 0 Å². The van der Waals surface area contributed by atoms with Gasteiger partial charge in [0.1, 0.15) is 5.75 Å². The molecule has 0 atom stereocenters. The van der Waals surface area contributed by atoms with Crippen molar-refractivity contribution in [2.75, 3.05) is 11.9 Å². The number of amides is 2. The Bertz CT molecular complexity index is 1030. The molecule has 1 N–H and O–H groups in total. The number of nitrogens with one attached hydrogen (secondary N) is 1. The zero-order valence-corrected chi connectivity index (χ0v) is 15.9. The number of benzene rings is 2. The third-order valence-corrected chi connectivity index (χ3v) is 4.61. The summed E-state index contributed by atoms with van der Waals surface area (Å²) in [7, 11) is 0. The van der Waals surface area contributed by atoms with E-state index >= 15 is 0 Å². The van der Waals surface area contributed by atoms with Crippen LogP contribution in [0.15, 0.2) is 53.1 Å². The van der Waals surface area contributed by atoms with Crippen molar-refractivity contribution in [3.8, 4) is 5.75 Å². The number of hydrogen-bond acceptors (Lipinski definition) is 6. The average Bonchev–Trinajstić information content (AvgIpc) is 3.21. The molecule has 3 aromatic rings. The summed E-state index contributed by atoms with van der Waals surface area (Å²) in [6.07, 6.45) is 0.806. The zero-order chi connectivity index (χ0) is 20.2. The molecule has 0 saturated heterocycles. The summed E-state index contributed by atoms with van der Waals surface area (Å²) in [6.45, 7) is 2.66. The number of ether oxygens (including phenoxy) is 1. The van der Waals surface area contributed by atoms with Gasteiger partial charge in [-0.25, -0.2) is 0 Å². The van der Waals surface area contributed by atoms with Gasteiger partial charge in [0, 0.05) is 25.7 Å². The fourth-order valence-electron chi connectivity index (χ4n) is 3.19. The lowest BCUT2D eigenvalue weighted by Gasteiger charge is -2.27. The van der Waals surface area contributed by atoms with E-state index in [0.29, 0.717) is 24.5 Å². The monoisotopic (exact) mass is 392 g/mol. The molecule has 4 rings (SSSR count). The second-order valence-corrected chi connectivity index (χ2v) is 6.76. The summed E-state index contributed by atoms with van der Waals surface area (Å²) in [5, 5.41) is 6.52. The Kier molecular flexibility index (Phi) is 5.24. The molecule has 0 unspecified atom stereocenters. The molecule has 2 amide bonds. The van der Waals surface area contributed by atoms with Crippen molar-refractivity contribution >= 4 is 17.5 Å². The van der Waals surface area contributed by atoms with E-state index in [0.717, 1.165) is 12.0 Å². The van der Waals surface area contributed by atoms with Crippen LogP contribution in [0, 0.1) is 0 Å². The third-order valence-electron chi connectivity index (χ3n) is 4.61. The van der Waals surface area contributed by atoms with E-state index in [9.17, 15) is 9.59 Å². The van der Waals surface area contributed by atoms with Crippen molar-refractivity contribution in [2.24, 2.45) is 0 Å². The van der Waals surface area contributed by atoms with Crippen LogP contribution in [-0.2, 0) is 24.4 Å². The maximum absolute atomic E-state index is 12.7. The summed E-state index contributed by atoms with van der Waals surface area (Å²) in [6, 6.07) is 15.0. The first-order valence-corrected chi connectivity index (χ1v) is 9.27. The van der Waals surface area contributed by atoms with Crippen LogP contribution in [0.4, 0.5) is 5.69 Å². The lowest BCUT2D eigenvalue weighted by atomic mass is 10.00. The van der Waals surface area contributed by atoms with Gasteiger partial charge in [-0.05, 0) is 41.8 Å². The Morgan fingerprint density at radius 3 is 2.66 bits per heavy atom. The predicted octanol–water partition coefficient (Wildman–Crippen LogP) is 2.81. The quantitative estimate of drug-likeness (QED) is 0.717. The van der Waals surface area contributed by atoms with Gasteiger partial charge in [-0.1, -0.05) is 29.4 Å². The van der Waals surface area contributed by atoms with Crippen molar-refractivity contribution in [3.05, 3.63) is 71.4 Å². The molecular weight excluding hydrogens is 372 g/mol. The summed E-state index contributed by atoms with van der Waals surface area (Å²) in [4.78, 5) is 29.6. The molecule has 0 aliphatic carbocycles. The maximum Gasteiger partial charge on any atom is 0.316 e. The van der Waals surface area contributed by atoms with E-state index in [4.69, 9.17) is 9.26 Å². The van der Waals surface area contributed by atoms with Gasteiger partial charge in [0.15, 0.2) is 6.61 Å². The van der Waals surface area contributed by atoms with Crippen LogP contribution < -0.4 is 10.1 Å². The Balaban J connectivity index is 1.35. The topological polar surface area (TPSA) is 97.6 Å². The molecule has 1 aliphatic heterocycles. The number of carbonyl (C=O) groups excluding carboxylic acids is 2. The summed E-state index contributed by atoms with van der Waals surface area (Å²) >= 11 is 0. The van der Waals surface area contributed by atoms with E-state index < -0.39 is 0 Å². The highest BCUT2D eigenvalue weighted by Crippen LogP contribution is 2.20. The fraction of sp³-hybridized carbons (Fsp3) is 0.238.